The van der Waals surface area contributed by atoms with Crippen LogP contribution in [0.1, 0.15) is 53.6 Å². The largest absolute Gasteiger partial charge is 0.478 e. The number of benzene rings is 2. The van der Waals surface area contributed by atoms with Crippen molar-refractivity contribution >= 4 is 34.8 Å². The van der Waals surface area contributed by atoms with Crippen LogP contribution in [0.4, 0.5) is 11.4 Å². The first-order chi connectivity index (χ1) is 20.5. The van der Waals surface area contributed by atoms with E-state index in [0.29, 0.717) is 11.1 Å². The van der Waals surface area contributed by atoms with Gasteiger partial charge < -0.3 is 26.8 Å². The molecule has 0 saturated carbocycles. The number of amides is 2. The van der Waals surface area contributed by atoms with Gasteiger partial charge >= 0.3 is 5.97 Å². The van der Waals surface area contributed by atoms with Gasteiger partial charge in [-0.15, -0.1) is 0 Å². The van der Waals surface area contributed by atoms with Crippen LogP contribution in [-0.4, -0.2) is 37.5 Å². The van der Waals surface area contributed by atoms with Gasteiger partial charge in [0.25, 0.3) is 28.2 Å². The standard InChI is InChI=1S/C29H25N7O7/c1-14-7-17(5-6-18(14)29(42)43)13-33-28(41)20-9-19(34-21-10-22(37)35-36(20)21)27(40)32-12-16-4-2-3-15(8-16)11-31-24-23(30)25(38)26(24)39/h2-10,31H,11-13,30H2,1H3,(H,32,40)(H,33,41)(H,35,37)(H,42,43). The van der Waals surface area contributed by atoms with Crippen LogP contribution in [0.15, 0.2) is 69.0 Å². The maximum atomic E-state index is 13.1. The topological polar surface area (TPSA) is 218 Å². The predicted octanol–water partition coefficient (Wildman–Crippen LogP) is 0.680. The number of nitrogens with two attached hydrogens (primary N) is 1. The van der Waals surface area contributed by atoms with E-state index in [0.717, 1.165) is 17.2 Å². The molecule has 0 spiro atoms. The van der Waals surface area contributed by atoms with Gasteiger partial charge in [0.1, 0.15) is 22.8 Å². The summed E-state index contributed by atoms with van der Waals surface area (Å²) < 4.78 is 1.17. The zero-order valence-electron chi connectivity index (χ0n) is 22.7. The number of carboxylic acids is 1. The number of aromatic nitrogens is 3. The Bertz CT molecular complexity index is 2050. The number of carbonyl (C=O) groups is 3. The van der Waals surface area contributed by atoms with Crippen LogP contribution in [0.3, 0.4) is 0 Å². The molecular weight excluding hydrogens is 558 g/mol. The Labute approximate surface area is 241 Å². The van der Waals surface area contributed by atoms with Crippen molar-refractivity contribution < 1.29 is 19.5 Å². The molecule has 0 bridgehead atoms. The van der Waals surface area contributed by atoms with Crippen LogP contribution in [0, 0.1) is 6.92 Å². The number of aromatic amines is 1. The highest BCUT2D eigenvalue weighted by molar-refractivity contribution is 5.98. The van der Waals surface area contributed by atoms with Gasteiger partial charge in [0.15, 0.2) is 5.65 Å². The number of carbonyl (C=O) groups excluding carboxylic acids is 2. The molecule has 0 radical (unpaired) electrons. The first kappa shape index (κ1) is 28.5. The number of anilines is 2. The second kappa shape index (κ2) is 11.4. The highest BCUT2D eigenvalue weighted by Crippen LogP contribution is 2.14. The Morgan fingerprint density at radius 2 is 1.56 bits per heavy atom. The Kier molecular flexibility index (Phi) is 7.58. The highest BCUT2D eigenvalue weighted by Gasteiger charge is 2.19. The number of fused-ring (bicyclic) bond motifs is 1. The van der Waals surface area contributed by atoms with Crippen LogP contribution in [0.2, 0.25) is 0 Å². The minimum atomic E-state index is -1.05. The quantitative estimate of drug-likeness (QED) is 0.126. The fraction of sp³-hybridized carbons (Fsp3) is 0.138. The molecule has 218 valence electrons. The SMILES string of the molecule is Cc1cc(CNC(=O)c2cc(C(=O)NCc3cccc(CNc4c(N)c(=O)c4=O)c3)nc3cc(=O)[nH]n23)ccc1C(=O)O. The lowest BCUT2D eigenvalue weighted by molar-refractivity contribution is 0.0695. The number of nitrogens with zero attached hydrogens (tertiary/aromatic N) is 2. The Morgan fingerprint density at radius 3 is 2.23 bits per heavy atom. The zero-order valence-corrected chi connectivity index (χ0v) is 22.7. The number of H-pyrrole nitrogens is 1. The molecule has 2 amide bonds. The van der Waals surface area contributed by atoms with E-state index in [1.165, 1.54) is 16.6 Å². The smallest absolute Gasteiger partial charge is 0.335 e. The van der Waals surface area contributed by atoms with Gasteiger partial charge in [-0.3, -0.25) is 29.1 Å². The molecule has 0 aliphatic heterocycles. The first-order valence-corrected chi connectivity index (χ1v) is 12.9. The fourth-order valence-electron chi connectivity index (χ4n) is 4.53. The highest BCUT2D eigenvalue weighted by atomic mass is 16.4. The molecule has 3 aromatic carbocycles. The van der Waals surface area contributed by atoms with E-state index in [4.69, 9.17) is 5.73 Å². The fourth-order valence-corrected chi connectivity index (χ4v) is 4.53. The normalized spacial score (nSPS) is 11.0. The molecule has 5 rings (SSSR count). The summed E-state index contributed by atoms with van der Waals surface area (Å²) in [7, 11) is 0. The van der Waals surface area contributed by atoms with Gasteiger partial charge in [0.2, 0.25) is 0 Å². The average Bonchev–Trinajstić information content (AvgIpc) is 3.38. The molecule has 5 aromatic rings. The monoisotopic (exact) mass is 583 g/mol. The van der Waals surface area contributed by atoms with Crippen molar-refractivity contribution in [3.63, 3.8) is 0 Å². The maximum Gasteiger partial charge on any atom is 0.335 e. The Hall–Kier alpha value is -6.05. The first-order valence-electron chi connectivity index (χ1n) is 12.9. The molecular formula is C29H25N7O7. The van der Waals surface area contributed by atoms with E-state index in [-0.39, 0.29) is 53.6 Å². The summed E-state index contributed by atoms with van der Waals surface area (Å²) in [6.07, 6.45) is 0. The lowest BCUT2D eigenvalue weighted by atomic mass is 10.1. The number of hydrogen-bond acceptors (Lipinski definition) is 9. The Balaban J connectivity index is 1.28. The van der Waals surface area contributed by atoms with E-state index < -0.39 is 34.2 Å². The van der Waals surface area contributed by atoms with Gasteiger partial charge in [0, 0.05) is 31.8 Å². The summed E-state index contributed by atoms with van der Waals surface area (Å²) in [5.41, 5.74) is 6.42. The molecule has 43 heavy (non-hydrogen) atoms. The number of aromatic carboxylic acids is 1. The van der Waals surface area contributed by atoms with Crippen molar-refractivity contribution in [3.05, 3.63) is 125 Å². The van der Waals surface area contributed by atoms with Gasteiger partial charge in [-0.1, -0.05) is 36.4 Å². The van der Waals surface area contributed by atoms with E-state index in [2.05, 4.69) is 26.0 Å². The van der Waals surface area contributed by atoms with E-state index >= 15 is 0 Å². The third kappa shape index (κ3) is 5.88. The van der Waals surface area contributed by atoms with Crippen LogP contribution in [0.5, 0.6) is 0 Å². The third-order valence-corrected chi connectivity index (χ3v) is 6.76. The van der Waals surface area contributed by atoms with Crippen molar-refractivity contribution in [2.45, 2.75) is 26.6 Å². The summed E-state index contributed by atoms with van der Waals surface area (Å²) in [6, 6.07) is 14.2. The molecule has 0 saturated heterocycles. The maximum absolute atomic E-state index is 13.1. The molecule has 0 atom stereocenters. The van der Waals surface area contributed by atoms with Crippen LogP contribution >= 0.6 is 0 Å². The third-order valence-electron chi connectivity index (χ3n) is 6.76. The number of aryl methyl sites for hydroxylation is 1. The zero-order chi connectivity index (χ0) is 30.8. The summed E-state index contributed by atoms with van der Waals surface area (Å²) in [5.74, 6) is -2.25. The molecule has 14 heteroatoms. The number of nitrogen functional groups attached to an aromatic ring is 1. The van der Waals surface area contributed by atoms with Crippen molar-refractivity contribution in [3.8, 4) is 0 Å². The number of carboxylic acid groups (broad SMARTS) is 1. The van der Waals surface area contributed by atoms with E-state index in [9.17, 15) is 33.9 Å². The second-order valence-electron chi connectivity index (χ2n) is 9.78. The van der Waals surface area contributed by atoms with Crippen molar-refractivity contribution in [2.24, 2.45) is 0 Å². The lowest BCUT2D eigenvalue weighted by Crippen LogP contribution is -2.36. The van der Waals surface area contributed by atoms with Crippen LogP contribution in [0.25, 0.3) is 5.65 Å². The van der Waals surface area contributed by atoms with Gasteiger partial charge in [0.05, 0.1) is 5.56 Å². The van der Waals surface area contributed by atoms with Gasteiger partial charge in [-0.25, -0.2) is 14.3 Å². The average molecular weight is 584 g/mol. The molecule has 0 fully saturated rings. The molecule has 0 unspecified atom stereocenters. The molecule has 0 aliphatic rings. The molecule has 0 aliphatic carbocycles. The minimum absolute atomic E-state index is 0.0400. The van der Waals surface area contributed by atoms with E-state index in [1.807, 2.05) is 0 Å². The number of hydrogen-bond donors (Lipinski definition) is 6. The summed E-state index contributed by atoms with van der Waals surface area (Å²) in [6.45, 7) is 2.06. The van der Waals surface area contributed by atoms with E-state index in [1.54, 1.807) is 43.3 Å². The summed E-state index contributed by atoms with van der Waals surface area (Å²) in [5, 5.41) is 20.0. The minimum Gasteiger partial charge on any atom is -0.478 e. The number of rotatable bonds is 10. The molecule has 14 nitrogen and oxygen atoms in total. The Morgan fingerprint density at radius 1 is 0.884 bits per heavy atom. The van der Waals surface area contributed by atoms with Gasteiger partial charge in [-0.2, -0.15) is 0 Å². The van der Waals surface area contributed by atoms with Crippen molar-refractivity contribution in [1.82, 2.24) is 25.2 Å². The van der Waals surface area contributed by atoms with Crippen LogP contribution < -0.4 is 38.1 Å². The molecule has 2 heterocycles. The lowest BCUT2D eigenvalue weighted by Gasteiger charge is -2.12. The molecule has 2 aromatic heterocycles. The van der Waals surface area contributed by atoms with Crippen molar-refractivity contribution in [1.29, 1.82) is 0 Å². The summed E-state index contributed by atoms with van der Waals surface area (Å²) in [4.78, 5) is 76.5. The summed E-state index contributed by atoms with van der Waals surface area (Å²) >= 11 is 0. The molecule has 7 N–H and O–H groups in total. The van der Waals surface area contributed by atoms with Crippen molar-refractivity contribution in [2.75, 3.05) is 11.1 Å². The second-order valence-corrected chi connectivity index (χ2v) is 9.78. The predicted molar refractivity (Wildman–Crippen MR) is 156 cm³/mol. The van der Waals surface area contributed by atoms with Crippen LogP contribution in [-0.2, 0) is 19.6 Å². The number of nitrogens with one attached hydrogen (secondary N) is 4. The van der Waals surface area contributed by atoms with Gasteiger partial charge in [-0.05, 0) is 35.2 Å².